The van der Waals surface area contributed by atoms with E-state index in [2.05, 4.69) is 31.4 Å². The molecule has 1 aliphatic carbocycles. The lowest BCUT2D eigenvalue weighted by molar-refractivity contribution is 0.108. The van der Waals surface area contributed by atoms with Gasteiger partial charge in [0.2, 0.25) is 0 Å². The van der Waals surface area contributed by atoms with Crippen LogP contribution in [0.15, 0.2) is 4.99 Å². The lowest BCUT2D eigenvalue weighted by Crippen LogP contribution is -2.39. The van der Waals surface area contributed by atoms with Crippen LogP contribution in [0.4, 0.5) is 0 Å². The van der Waals surface area contributed by atoms with Crippen LogP contribution in [0, 0.1) is 11.3 Å². The largest absolute Gasteiger partial charge is 0.385 e. The molecule has 0 radical (unpaired) electrons. The second-order valence-corrected chi connectivity index (χ2v) is 7.39. The maximum atomic E-state index is 5.62. The number of methoxy groups -OCH3 is 1. The van der Waals surface area contributed by atoms with Gasteiger partial charge in [-0.2, -0.15) is 0 Å². The number of rotatable bonds is 12. The summed E-state index contributed by atoms with van der Waals surface area (Å²) in [7, 11) is 1.79. The monoisotopic (exact) mass is 341 g/mol. The summed E-state index contributed by atoms with van der Waals surface area (Å²) in [6.07, 6.45) is 7.35. The van der Waals surface area contributed by atoms with E-state index in [1.807, 2.05) is 0 Å². The van der Waals surface area contributed by atoms with E-state index >= 15 is 0 Å². The molecule has 0 aromatic heterocycles. The summed E-state index contributed by atoms with van der Waals surface area (Å²) in [6, 6.07) is 0. The first-order valence-electron chi connectivity index (χ1n) is 9.71. The van der Waals surface area contributed by atoms with Crippen LogP contribution in [0.1, 0.15) is 59.3 Å². The molecule has 0 spiro atoms. The van der Waals surface area contributed by atoms with Crippen molar-refractivity contribution in [2.24, 2.45) is 16.3 Å². The van der Waals surface area contributed by atoms with Crippen LogP contribution in [0.25, 0.3) is 0 Å². The molecule has 1 saturated carbocycles. The minimum Gasteiger partial charge on any atom is -0.385 e. The Morgan fingerprint density at radius 2 is 1.92 bits per heavy atom. The second kappa shape index (κ2) is 12.5. The quantitative estimate of drug-likeness (QED) is 0.325. The van der Waals surface area contributed by atoms with E-state index in [0.717, 1.165) is 58.3 Å². The van der Waals surface area contributed by atoms with Crippen LogP contribution in [0.2, 0.25) is 0 Å². The Morgan fingerprint density at radius 3 is 2.54 bits per heavy atom. The predicted molar refractivity (Wildman–Crippen MR) is 102 cm³/mol. The highest BCUT2D eigenvalue weighted by molar-refractivity contribution is 5.79. The third kappa shape index (κ3) is 8.88. The molecule has 0 saturated heterocycles. The van der Waals surface area contributed by atoms with Crippen LogP contribution in [0.3, 0.4) is 0 Å². The molecule has 24 heavy (non-hydrogen) atoms. The van der Waals surface area contributed by atoms with Gasteiger partial charge in [-0.15, -0.1) is 0 Å². The van der Waals surface area contributed by atoms with E-state index in [-0.39, 0.29) is 0 Å². The summed E-state index contributed by atoms with van der Waals surface area (Å²) in [5, 5.41) is 6.79. The van der Waals surface area contributed by atoms with Gasteiger partial charge in [0.05, 0.1) is 0 Å². The first-order chi connectivity index (χ1) is 11.6. The average molecular weight is 342 g/mol. The Hall–Kier alpha value is -0.810. The summed E-state index contributed by atoms with van der Waals surface area (Å²) < 4.78 is 10.9. The Morgan fingerprint density at radius 1 is 1.17 bits per heavy atom. The van der Waals surface area contributed by atoms with Gasteiger partial charge in [-0.05, 0) is 43.9 Å². The summed E-state index contributed by atoms with van der Waals surface area (Å²) in [6.45, 7) is 11.6. The van der Waals surface area contributed by atoms with Crippen molar-refractivity contribution >= 4 is 5.96 Å². The number of hydrogen-bond donors (Lipinski definition) is 2. The molecule has 1 rings (SSSR count). The molecule has 5 nitrogen and oxygen atoms in total. The molecular formula is C19H39N3O2. The Labute approximate surface area is 149 Å². The summed E-state index contributed by atoms with van der Waals surface area (Å²) >= 11 is 0. The highest BCUT2D eigenvalue weighted by Crippen LogP contribution is 2.41. The van der Waals surface area contributed by atoms with Crippen LogP contribution >= 0.6 is 0 Å². The molecule has 0 heterocycles. The number of guanidine groups is 1. The fourth-order valence-corrected chi connectivity index (χ4v) is 3.22. The van der Waals surface area contributed by atoms with Crippen LogP contribution in [-0.2, 0) is 9.47 Å². The van der Waals surface area contributed by atoms with E-state index in [1.165, 1.54) is 25.7 Å². The van der Waals surface area contributed by atoms with Gasteiger partial charge < -0.3 is 20.1 Å². The van der Waals surface area contributed by atoms with Crippen molar-refractivity contribution < 1.29 is 9.47 Å². The number of aliphatic imine (C=N–C) groups is 1. The van der Waals surface area contributed by atoms with Crippen LogP contribution < -0.4 is 10.6 Å². The van der Waals surface area contributed by atoms with Gasteiger partial charge >= 0.3 is 0 Å². The standard InChI is InChI=1S/C19H39N3O2/c1-5-20-18(21-12-8-13-24-15-17(2)3)22-16-19(11-14-23-4)9-6-7-10-19/h17H,5-16H2,1-4H3,(H2,20,21,22). The third-order valence-electron chi connectivity index (χ3n) is 4.63. The first kappa shape index (κ1) is 21.2. The molecule has 0 aromatic rings. The SMILES string of the molecule is CCNC(=NCC1(CCOC)CCCC1)NCCCOCC(C)C. The van der Waals surface area contributed by atoms with Gasteiger partial charge in [0.1, 0.15) is 0 Å². The Kier molecular flexibility index (Phi) is 11.1. The van der Waals surface area contributed by atoms with Crippen molar-refractivity contribution in [3.8, 4) is 0 Å². The zero-order valence-corrected chi connectivity index (χ0v) is 16.3. The van der Waals surface area contributed by atoms with Gasteiger partial charge in [0.25, 0.3) is 0 Å². The van der Waals surface area contributed by atoms with E-state index in [9.17, 15) is 0 Å². The average Bonchev–Trinajstić information content (AvgIpc) is 3.03. The molecule has 1 fully saturated rings. The van der Waals surface area contributed by atoms with Crippen molar-refractivity contribution in [1.29, 1.82) is 0 Å². The highest BCUT2D eigenvalue weighted by Gasteiger charge is 2.33. The first-order valence-corrected chi connectivity index (χ1v) is 9.71. The molecule has 142 valence electrons. The molecule has 0 aromatic carbocycles. The van der Waals surface area contributed by atoms with Crippen LogP contribution in [0.5, 0.6) is 0 Å². The number of ether oxygens (including phenoxy) is 2. The highest BCUT2D eigenvalue weighted by atomic mass is 16.5. The topological polar surface area (TPSA) is 54.9 Å². The van der Waals surface area contributed by atoms with E-state index in [0.29, 0.717) is 11.3 Å². The lowest BCUT2D eigenvalue weighted by atomic mass is 9.83. The van der Waals surface area contributed by atoms with Gasteiger partial charge in [-0.3, -0.25) is 4.99 Å². The van der Waals surface area contributed by atoms with Gasteiger partial charge in [0, 0.05) is 46.6 Å². The summed E-state index contributed by atoms with van der Waals surface area (Å²) in [5.41, 5.74) is 0.346. The molecule has 0 amide bonds. The third-order valence-corrected chi connectivity index (χ3v) is 4.63. The van der Waals surface area contributed by atoms with E-state index in [4.69, 9.17) is 14.5 Å². The Balaban J connectivity index is 2.37. The zero-order valence-electron chi connectivity index (χ0n) is 16.3. The Bertz CT molecular complexity index is 340. The zero-order chi connectivity index (χ0) is 17.7. The predicted octanol–water partition coefficient (Wildman–Crippen LogP) is 3.20. The number of hydrogen-bond acceptors (Lipinski definition) is 3. The molecule has 2 N–H and O–H groups in total. The second-order valence-electron chi connectivity index (χ2n) is 7.39. The fraction of sp³-hybridized carbons (Fsp3) is 0.947. The van der Waals surface area contributed by atoms with Gasteiger partial charge in [-0.25, -0.2) is 0 Å². The molecule has 0 aliphatic heterocycles. The molecule has 0 bridgehead atoms. The van der Waals surface area contributed by atoms with Crippen molar-refractivity contribution in [3.63, 3.8) is 0 Å². The number of nitrogens with one attached hydrogen (secondary N) is 2. The fourth-order valence-electron chi connectivity index (χ4n) is 3.22. The molecule has 5 heteroatoms. The molecular weight excluding hydrogens is 302 g/mol. The summed E-state index contributed by atoms with van der Waals surface area (Å²) in [5.74, 6) is 1.54. The smallest absolute Gasteiger partial charge is 0.191 e. The van der Waals surface area contributed by atoms with E-state index < -0.39 is 0 Å². The normalized spacial score (nSPS) is 17.5. The van der Waals surface area contributed by atoms with Crippen molar-refractivity contribution in [2.45, 2.75) is 59.3 Å². The minimum absolute atomic E-state index is 0.346. The van der Waals surface area contributed by atoms with Crippen molar-refractivity contribution in [1.82, 2.24) is 10.6 Å². The summed E-state index contributed by atoms with van der Waals surface area (Å²) in [4.78, 5) is 4.86. The minimum atomic E-state index is 0.346. The molecule has 0 unspecified atom stereocenters. The van der Waals surface area contributed by atoms with Gasteiger partial charge in [0.15, 0.2) is 5.96 Å². The maximum Gasteiger partial charge on any atom is 0.191 e. The van der Waals surface area contributed by atoms with E-state index in [1.54, 1.807) is 7.11 Å². The number of nitrogens with zero attached hydrogens (tertiary/aromatic N) is 1. The molecule has 1 aliphatic rings. The van der Waals surface area contributed by atoms with Crippen molar-refractivity contribution in [3.05, 3.63) is 0 Å². The lowest BCUT2D eigenvalue weighted by Gasteiger charge is -2.27. The van der Waals surface area contributed by atoms with Gasteiger partial charge in [-0.1, -0.05) is 26.7 Å². The maximum absolute atomic E-state index is 5.62. The van der Waals surface area contributed by atoms with Crippen LogP contribution in [-0.4, -0.2) is 52.5 Å². The van der Waals surface area contributed by atoms with Crippen molar-refractivity contribution in [2.75, 3.05) is 46.6 Å². The molecule has 0 atom stereocenters.